The molecule has 0 aromatic rings. The SMILES string of the molecule is CC(NC(=O)C(C)(C)C)C(=O)N(C)C(C)CO. The van der Waals surface area contributed by atoms with Crippen molar-refractivity contribution in [3.63, 3.8) is 0 Å². The van der Waals surface area contributed by atoms with Crippen LogP contribution in [0.25, 0.3) is 0 Å². The summed E-state index contributed by atoms with van der Waals surface area (Å²) in [4.78, 5) is 25.1. The Labute approximate surface area is 103 Å². The van der Waals surface area contributed by atoms with Crippen LogP contribution in [0.1, 0.15) is 34.6 Å². The number of rotatable bonds is 4. The summed E-state index contributed by atoms with van der Waals surface area (Å²) in [5.41, 5.74) is -0.518. The highest BCUT2D eigenvalue weighted by Gasteiger charge is 2.27. The van der Waals surface area contributed by atoms with Crippen LogP contribution in [0.4, 0.5) is 0 Å². The fourth-order valence-corrected chi connectivity index (χ4v) is 1.12. The molecule has 5 heteroatoms. The molecule has 0 spiro atoms. The number of amides is 2. The van der Waals surface area contributed by atoms with Gasteiger partial charge in [-0.1, -0.05) is 20.8 Å². The normalized spacial score (nSPS) is 15.0. The molecule has 0 aliphatic rings. The van der Waals surface area contributed by atoms with E-state index in [1.807, 2.05) is 0 Å². The van der Waals surface area contributed by atoms with Gasteiger partial charge < -0.3 is 15.3 Å². The summed E-state index contributed by atoms with van der Waals surface area (Å²) < 4.78 is 0. The molecule has 2 amide bonds. The summed E-state index contributed by atoms with van der Waals surface area (Å²) in [5.74, 6) is -0.368. The van der Waals surface area contributed by atoms with Gasteiger partial charge in [0.05, 0.1) is 12.6 Å². The van der Waals surface area contributed by atoms with Crippen LogP contribution in [0.5, 0.6) is 0 Å². The minimum absolute atomic E-state index is 0.0951. The van der Waals surface area contributed by atoms with Crippen LogP contribution in [-0.4, -0.2) is 47.6 Å². The van der Waals surface area contributed by atoms with E-state index in [0.29, 0.717) is 0 Å². The van der Waals surface area contributed by atoms with Crippen LogP contribution in [0.2, 0.25) is 0 Å². The Morgan fingerprint density at radius 2 is 1.76 bits per heavy atom. The quantitative estimate of drug-likeness (QED) is 0.751. The van der Waals surface area contributed by atoms with Crippen LogP contribution in [0, 0.1) is 5.41 Å². The number of carbonyl (C=O) groups excluding carboxylic acids is 2. The van der Waals surface area contributed by atoms with Gasteiger partial charge in [0, 0.05) is 12.5 Å². The van der Waals surface area contributed by atoms with Crippen molar-refractivity contribution in [2.24, 2.45) is 5.41 Å². The Morgan fingerprint density at radius 3 is 2.12 bits per heavy atom. The van der Waals surface area contributed by atoms with Crippen LogP contribution in [0.15, 0.2) is 0 Å². The molecule has 0 aromatic heterocycles. The van der Waals surface area contributed by atoms with E-state index in [9.17, 15) is 9.59 Å². The summed E-state index contributed by atoms with van der Waals surface area (Å²) in [6, 6.07) is -0.836. The second-order valence-electron chi connectivity index (χ2n) is 5.43. The van der Waals surface area contributed by atoms with Gasteiger partial charge in [0.2, 0.25) is 11.8 Å². The van der Waals surface area contributed by atoms with Crippen molar-refractivity contribution < 1.29 is 14.7 Å². The summed E-state index contributed by atoms with van der Waals surface area (Å²) in [7, 11) is 1.61. The van der Waals surface area contributed by atoms with E-state index in [1.165, 1.54) is 4.90 Å². The van der Waals surface area contributed by atoms with E-state index >= 15 is 0 Å². The summed E-state index contributed by atoms with van der Waals surface area (Å²) in [6.07, 6.45) is 0. The first-order chi connectivity index (χ1) is 7.61. The second kappa shape index (κ2) is 6.00. The van der Waals surface area contributed by atoms with E-state index in [1.54, 1.807) is 41.7 Å². The molecule has 2 unspecified atom stereocenters. The van der Waals surface area contributed by atoms with Gasteiger partial charge in [0.25, 0.3) is 0 Å². The standard InChI is InChI=1S/C12H24N2O3/c1-8(7-15)14(6)10(16)9(2)13-11(17)12(3,4)5/h8-9,15H,7H2,1-6H3,(H,13,17). The van der Waals surface area contributed by atoms with Gasteiger partial charge in [-0.05, 0) is 13.8 Å². The molecule has 5 nitrogen and oxygen atoms in total. The Hall–Kier alpha value is -1.10. The Balaban J connectivity index is 4.48. The lowest BCUT2D eigenvalue weighted by atomic mass is 9.95. The largest absolute Gasteiger partial charge is 0.394 e. The minimum Gasteiger partial charge on any atom is -0.394 e. The zero-order chi connectivity index (χ0) is 13.8. The molecule has 0 saturated carbocycles. The van der Waals surface area contributed by atoms with Gasteiger partial charge in [-0.2, -0.15) is 0 Å². The third-order valence-corrected chi connectivity index (χ3v) is 2.67. The lowest BCUT2D eigenvalue weighted by Gasteiger charge is -2.28. The Bertz CT molecular complexity index is 284. The Morgan fingerprint density at radius 1 is 1.29 bits per heavy atom. The molecule has 100 valence electrons. The topological polar surface area (TPSA) is 69.6 Å². The van der Waals surface area contributed by atoms with Crippen LogP contribution < -0.4 is 5.32 Å². The number of likely N-dealkylation sites (N-methyl/N-ethyl adjacent to an activating group) is 1. The number of nitrogens with zero attached hydrogens (tertiary/aromatic N) is 1. The van der Waals surface area contributed by atoms with Gasteiger partial charge >= 0.3 is 0 Å². The molecule has 17 heavy (non-hydrogen) atoms. The lowest BCUT2D eigenvalue weighted by Crippen LogP contribution is -2.51. The molecule has 2 N–H and O–H groups in total. The predicted octanol–water partition coefficient (Wildman–Crippen LogP) is 0.376. The van der Waals surface area contributed by atoms with Gasteiger partial charge in [-0.25, -0.2) is 0 Å². The molecule has 0 rings (SSSR count). The molecule has 0 bridgehead atoms. The average molecular weight is 244 g/mol. The number of hydrogen-bond donors (Lipinski definition) is 2. The molecule has 2 atom stereocenters. The molecule has 0 aliphatic heterocycles. The molecule has 0 fully saturated rings. The van der Waals surface area contributed by atoms with Gasteiger partial charge in [0.1, 0.15) is 6.04 Å². The minimum atomic E-state index is -0.583. The summed E-state index contributed by atoms with van der Waals surface area (Å²) in [6.45, 7) is 8.67. The van der Waals surface area contributed by atoms with E-state index in [2.05, 4.69) is 5.32 Å². The highest BCUT2D eigenvalue weighted by atomic mass is 16.3. The van der Waals surface area contributed by atoms with E-state index in [0.717, 1.165) is 0 Å². The monoisotopic (exact) mass is 244 g/mol. The fourth-order valence-electron chi connectivity index (χ4n) is 1.12. The maximum atomic E-state index is 11.9. The third-order valence-electron chi connectivity index (χ3n) is 2.67. The molecule has 0 aromatic carbocycles. The first-order valence-corrected chi connectivity index (χ1v) is 5.79. The number of aliphatic hydroxyl groups excluding tert-OH is 1. The maximum Gasteiger partial charge on any atom is 0.244 e. The zero-order valence-electron chi connectivity index (χ0n) is 11.6. The fraction of sp³-hybridized carbons (Fsp3) is 0.833. The molecule has 0 aliphatic carbocycles. The highest BCUT2D eigenvalue weighted by Crippen LogP contribution is 2.13. The van der Waals surface area contributed by atoms with Crippen LogP contribution in [0.3, 0.4) is 0 Å². The number of hydrogen-bond acceptors (Lipinski definition) is 3. The smallest absolute Gasteiger partial charge is 0.244 e. The maximum absolute atomic E-state index is 11.9. The van der Waals surface area contributed by atoms with Crippen LogP contribution in [-0.2, 0) is 9.59 Å². The molecular formula is C12H24N2O3. The first kappa shape index (κ1) is 15.9. The Kier molecular flexibility index (Phi) is 5.61. The van der Waals surface area contributed by atoms with Crippen LogP contribution >= 0.6 is 0 Å². The molecule has 0 radical (unpaired) electrons. The number of aliphatic hydroxyl groups is 1. The lowest BCUT2D eigenvalue weighted by molar-refractivity contribution is -0.139. The van der Waals surface area contributed by atoms with Crippen molar-refractivity contribution in [3.8, 4) is 0 Å². The van der Waals surface area contributed by atoms with Crippen molar-refractivity contribution in [1.29, 1.82) is 0 Å². The number of carbonyl (C=O) groups is 2. The van der Waals surface area contributed by atoms with Crippen molar-refractivity contribution in [2.45, 2.75) is 46.7 Å². The average Bonchev–Trinajstić information content (AvgIpc) is 2.24. The predicted molar refractivity (Wildman–Crippen MR) is 66.4 cm³/mol. The molecule has 0 saturated heterocycles. The molecule has 0 heterocycles. The highest BCUT2D eigenvalue weighted by molar-refractivity contribution is 5.89. The van der Waals surface area contributed by atoms with E-state index in [-0.39, 0.29) is 24.5 Å². The van der Waals surface area contributed by atoms with Gasteiger partial charge in [-0.15, -0.1) is 0 Å². The zero-order valence-corrected chi connectivity index (χ0v) is 11.6. The van der Waals surface area contributed by atoms with E-state index < -0.39 is 11.5 Å². The van der Waals surface area contributed by atoms with E-state index in [4.69, 9.17) is 5.11 Å². The first-order valence-electron chi connectivity index (χ1n) is 5.79. The molecular weight excluding hydrogens is 220 g/mol. The van der Waals surface area contributed by atoms with Crippen molar-refractivity contribution in [3.05, 3.63) is 0 Å². The summed E-state index contributed by atoms with van der Waals surface area (Å²) >= 11 is 0. The third kappa shape index (κ3) is 4.73. The van der Waals surface area contributed by atoms with Gasteiger partial charge in [0.15, 0.2) is 0 Å². The number of nitrogens with one attached hydrogen (secondary N) is 1. The second-order valence-corrected chi connectivity index (χ2v) is 5.43. The van der Waals surface area contributed by atoms with Gasteiger partial charge in [-0.3, -0.25) is 9.59 Å². The van der Waals surface area contributed by atoms with Crippen molar-refractivity contribution in [1.82, 2.24) is 10.2 Å². The van der Waals surface area contributed by atoms with Crippen molar-refractivity contribution >= 4 is 11.8 Å². The summed E-state index contributed by atoms with van der Waals surface area (Å²) in [5, 5.41) is 11.6. The van der Waals surface area contributed by atoms with Crippen molar-refractivity contribution in [2.75, 3.05) is 13.7 Å².